The van der Waals surface area contributed by atoms with Crippen LogP contribution in [0, 0.1) is 11.8 Å². The molecule has 0 heterocycles. The number of hydrogen-bond acceptors (Lipinski definition) is 2. The Balaban J connectivity index is 3.74. The third-order valence-corrected chi connectivity index (χ3v) is 2.73. The van der Waals surface area contributed by atoms with Crippen molar-refractivity contribution in [3.05, 3.63) is 0 Å². The normalized spacial score (nSPS) is 10.8. The molecule has 0 aromatic heterocycles. The molecule has 0 saturated carbocycles. The van der Waals surface area contributed by atoms with Crippen molar-refractivity contribution in [2.24, 2.45) is 11.8 Å². The second kappa shape index (κ2) is 8.95. The molecule has 0 aliphatic rings. The standard InChI is InChI=1S/C14H28N2O2/c1-11(2)6-8-15-13(17)7-9-16(5)14(18)10-12(3)4/h11-12H,6-10H2,1-5H3,(H,15,17). The summed E-state index contributed by atoms with van der Waals surface area (Å²) < 4.78 is 0. The van der Waals surface area contributed by atoms with Crippen LogP contribution in [-0.4, -0.2) is 36.9 Å². The summed E-state index contributed by atoms with van der Waals surface area (Å²) in [6, 6.07) is 0. The molecule has 0 rings (SSSR count). The fourth-order valence-electron chi connectivity index (χ4n) is 1.49. The summed E-state index contributed by atoms with van der Waals surface area (Å²) in [6.45, 7) is 9.52. The minimum Gasteiger partial charge on any atom is -0.356 e. The highest BCUT2D eigenvalue weighted by atomic mass is 16.2. The van der Waals surface area contributed by atoms with Crippen molar-refractivity contribution in [1.82, 2.24) is 10.2 Å². The van der Waals surface area contributed by atoms with Crippen molar-refractivity contribution in [1.29, 1.82) is 0 Å². The van der Waals surface area contributed by atoms with E-state index in [1.165, 1.54) is 0 Å². The van der Waals surface area contributed by atoms with Crippen LogP contribution in [0.4, 0.5) is 0 Å². The number of nitrogens with zero attached hydrogens (tertiary/aromatic N) is 1. The minimum absolute atomic E-state index is 0.0276. The Morgan fingerprint density at radius 2 is 1.72 bits per heavy atom. The molecule has 0 aliphatic carbocycles. The first-order valence-corrected chi connectivity index (χ1v) is 6.83. The molecule has 0 aromatic carbocycles. The molecule has 4 nitrogen and oxygen atoms in total. The van der Waals surface area contributed by atoms with Gasteiger partial charge < -0.3 is 10.2 Å². The molecule has 0 aliphatic heterocycles. The molecule has 0 radical (unpaired) electrons. The second-order valence-electron chi connectivity index (χ2n) is 5.70. The van der Waals surface area contributed by atoms with Gasteiger partial charge in [-0.2, -0.15) is 0 Å². The molecular weight excluding hydrogens is 228 g/mol. The Morgan fingerprint density at radius 3 is 2.22 bits per heavy atom. The Hall–Kier alpha value is -1.06. The van der Waals surface area contributed by atoms with Gasteiger partial charge in [0.2, 0.25) is 11.8 Å². The lowest BCUT2D eigenvalue weighted by Gasteiger charge is -2.18. The zero-order valence-electron chi connectivity index (χ0n) is 12.5. The maximum Gasteiger partial charge on any atom is 0.222 e. The highest BCUT2D eigenvalue weighted by molar-refractivity contribution is 5.78. The van der Waals surface area contributed by atoms with Crippen LogP contribution in [0.15, 0.2) is 0 Å². The summed E-state index contributed by atoms with van der Waals surface area (Å²) in [5.41, 5.74) is 0. The van der Waals surface area contributed by atoms with Gasteiger partial charge in [0.1, 0.15) is 0 Å². The van der Waals surface area contributed by atoms with E-state index in [-0.39, 0.29) is 11.8 Å². The van der Waals surface area contributed by atoms with E-state index in [0.717, 1.165) is 13.0 Å². The number of amides is 2. The Kier molecular flexibility index (Phi) is 8.42. The van der Waals surface area contributed by atoms with Gasteiger partial charge in [-0.05, 0) is 18.3 Å². The largest absolute Gasteiger partial charge is 0.356 e. The maximum absolute atomic E-state index is 11.7. The van der Waals surface area contributed by atoms with E-state index in [9.17, 15) is 9.59 Å². The lowest BCUT2D eigenvalue weighted by Crippen LogP contribution is -2.33. The summed E-state index contributed by atoms with van der Waals surface area (Å²) in [4.78, 5) is 24.8. The quantitative estimate of drug-likeness (QED) is 0.722. The van der Waals surface area contributed by atoms with Crippen molar-refractivity contribution in [2.75, 3.05) is 20.1 Å². The van der Waals surface area contributed by atoms with Crippen molar-refractivity contribution in [3.8, 4) is 0 Å². The van der Waals surface area contributed by atoms with Crippen LogP contribution in [0.25, 0.3) is 0 Å². The lowest BCUT2D eigenvalue weighted by atomic mass is 10.1. The van der Waals surface area contributed by atoms with Gasteiger partial charge in [0.05, 0.1) is 0 Å². The number of carbonyl (C=O) groups is 2. The molecule has 1 N–H and O–H groups in total. The van der Waals surface area contributed by atoms with E-state index in [1.807, 2.05) is 13.8 Å². The van der Waals surface area contributed by atoms with Gasteiger partial charge in [0.15, 0.2) is 0 Å². The zero-order valence-corrected chi connectivity index (χ0v) is 12.5. The van der Waals surface area contributed by atoms with Gasteiger partial charge in [-0.25, -0.2) is 0 Å². The fourth-order valence-corrected chi connectivity index (χ4v) is 1.49. The molecule has 106 valence electrons. The first kappa shape index (κ1) is 16.9. The minimum atomic E-state index is 0.0276. The fraction of sp³-hybridized carbons (Fsp3) is 0.857. The Labute approximate surface area is 111 Å². The number of hydrogen-bond donors (Lipinski definition) is 1. The topological polar surface area (TPSA) is 49.4 Å². The number of carbonyl (C=O) groups excluding carboxylic acids is 2. The molecule has 4 heteroatoms. The molecule has 0 bridgehead atoms. The molecule has 0 saturated heterocycles. The van der Waals surface area contributed by atoms with E-state index in [2.05, 4.69) is 19.2 Å². The van der Waals surface area contributed by atoms with Crippen molar-refractivity contribution in [3.63, 3.8) is 0 Å². The Morgan fingerprint density at radius 1 is 1.11 bits per heavy atom. The summed E-state index contributed by atoms with van der Waals surface area (Å²) in [6.07, 6.45) is 1.93. The summed E-state index contributed by atoms with van der Waals surface area (Å²) >= 11 is 0. The third kappa shape index (κ3) is 9.02. The van der Waals surface area contributed by atoms with Gasteiger partial charge >= 0.3 is 0 Å². The third-order valence-electron chi connectivity index (χ3n) is 2.73. The molecule has 2 amide bonds. The highest BCUT2D eigenvalue weighted by Gasteiger charge is 2.11. The molecule has 0 unspecified atom stereocenters. The predicted octanol–water partition coefficient (Wildman–Crippen LogP) is 2.04. The first-order valence-electron chi connectivity index (χ1n) is 6.83. The maximum atomic E-state index is 11.7. The average Bonchev–Trinajstić information content (AvgIpc) is 2.24. The number of nitrogens with one attached hydrogen (secondary N) is 1. The average molecular weight is 256 g/mol. The molecule has 0 atom stereocenters. The van der Waals surface area contributed by atoms with Crippen LogP contribution in [0.2, 0.25) is 0 Å². The van der Waals surface area contributed by atoms with E-state index < -0.39 is 0 Å². The van der Waals surface area contributed by atoms with E-state index in [0.29, 0.717) is 31.2 Å². The predicted molar refractivity (Wildman–Crippen MR) is 74.2 cm³/mol. The molecular formula is C14H28N2O2. The van der Waals surface area contributed by atoms with E-state index >= 15 is 0 Å². The first-order chi connectivity index (χ1) is 8.32. The zero-order chi connectivity index (χ0) is 14.1. The van der Waals surface area contributed by atoms with Gasteiger partial charge in [0, 0.05) is 33.0 Å². The lowest BCUT2D eigenvalue weighted by molar-refractivity contribution is -0.131. The monoisotopic (exact) mass is 256 g/mol. The summed E-state index contributed by atoms with van der Waals surface area (Å²) in [5.74, 6) is 1.10. The van der Waals surface area contributed by atoms with Gasteiger partial charge in [0.25, 0.3) is 0 Å². The molecule has 0 spiro atoms. The molecule has 18 heavy (non-hydrogen) atoms. The van der Waals surface area contributed by atoms with Crippen molar-refractivity contribution in [2.45, 2.75) is 47.0 Å². The van der Waals surface area contributed by atoms with E-state index in [1.54, 1.807) is 11.9 Å². The van der Waals surface area contributed by atoms with Crippen LogP contribution in [0.3, 0.4) is 0 Å². The number of rotatable bonds is 8. The van der Waals surface area contributed by atoms with Crippen LogP contribution < -0.4 is 5.32 Å². The molecule has 0 aromatic rings. The van der Waals surface area contributed by atoms with E-state index in [4.69, 9.17) is 0 Å². The smallest absolute Gasteiger partial charge is 0.222 e. The Bertz CT molecular complexity index is 263. The highest BCUT2D eigenvalue weighted by Crippen LogP contribution is 2.03. The second-order valence-corrected chi connectivity index (χ2v) is 5.70. The van der Waals surface area contributed by atoms with Crippen LogP contribution in [-0.2, 0) is 9.59 Å². The molecule has 0 fully saturated rings. The summed E-state index contributed by atoms with van der Waals surface area (Å²) in [5, 5.41) is 2.87. The van der Waals surface area contributed by atoms with Crippen molar-refractivity contribution < 1.29 is 9.59 Å². The van der Waals surface area contributed by atoms with Gasteiger partial charge in [-0.1, -0.05) is 27.7 Å². The van der Waals surface area contributed by atoms with Crippen LogP contribution in [0.5, 0.6) is 0 Å². The van der Waals surface area contributed by atoms with Crippen LogP contribution in [0.1, 0.15) is 47.0 Å². The van der Waals surface area contributed by atoms with Crippen molar-refractivity contribution >= 4 is 11.8 Å². The van der Waals surface area contributed by atoms with Gasteiger partial charge in [-0.15, -0.1) is 0 Å². The van der Waals surface area contributed by atoms with Gasteiger partial charge in [-0.3, -0.25) is 9.59 Å². The SMILES string of the molecule is CC(C)CCNC(=O)CCN(C)C(=O)CC(C)C. The van der Waals surface area contributed by atoms with Crippen LogP contribution >= 0.6 is 0 Å². The summed E-state index contributed by atoms with van der Waals surface area (Å²) in [7, 11) is 1.76.